The van der Waals surface area contributed by atoms with Gasteiger partial charge in [-0.25, -0.2) is 17.5 Å². The number of aryl methyl sites for hydroxylation is 1. The van der Waals surface area contributed by atoms with E-state index in [-0.39, 0.29) is 18.0 Å². The first kappa shape index (κ1) is 16.6. The summed E-state index contributed by atoms with van der Waals surface area (Å²) in [5.41, 5.74) is 0.272. The van der Waals surface area contributed by atoms with Crippen LogP contribution < -0.4 is 4.72 Å². The maximum atomic E-state index is 13.7. The number of carboxylic acids is 1. The van der Waals surface area contributed by atoms with Gasteiger partial charge in [0.15, 0.2) is 0 Å². The second kappa shape index (κ2) is 6.32. The second-order valence-corrected chi connectivity index (χ2v) is 6.63. The first-order valence-corrected chi connectivity index (χ1v) is 7.62. The Kier molecular flexibility index (Phi) is 5.24. The summed E-state index contributed by atoms with van der Waals surface area (Å²) in [6, 6.07) is 3.95. The summed E-state index contributed by atoms with van der Waals surface area (Å²) in [6.45, 7) is 4.57. The number of hydrogen-bond acceptors (Lipinski definition) is 3. The molecule has 0 aliphatic heterocycles. The molecule has 1 atom stereocenters. The molecule has 0 bridgehead atoms. The summed E-state index contributed by atoms with van der Waals surface area (Å²) in [4.78, 5) is 10.6. The fourth-order valence-corrected chi connectivity index (χ4v) is 3.20. The summed E-state index contributed by atoms with van der Waals surface area (Å²) in [5, 5.41) is 9.01. The van der Waals surface area contributed by atoms with Gasteiger partial charge in [-0.05, 0) is 24.5 Å². The molecule has 0 aromatic heterocycles. The molecule has 1 rings (SSSR count). The third kappa shape index (κ3) is 3.77. The molecule has 0 saturated carbocycles. The normalized spacial score (nSPS) is 13.4. The van der Waals surface area contributed by atoms with Gasteiger partial charge in [-0.3, -0.25) is 4.79 Å². The molecule has 0 aliphatic carbocycles. The quantitative estimate of drug-likeness (QED) is 0.839. The van der Waals surface area contributed by atoms with E-state index in [4.69, 9.17) is 5.11 Å². The van der Waals surface area contributed by atoms with Crippen molar-refractivity contribution < 1.29 is 22.7 Å². The number of carbonyl (C=O) groups is 1. The van der Waals surface area contributed by atoms with Crippen molar-refractivity contribution in [3.8, 4) is 0 Å². The summed E-state index contributed by atoms with van der Waals surface area (Å²) >= 11 is 0. The van der Waals surface area contributed by atoms with E-state index in [1.165, 1.54) is 19.1 Å². The number of halogens is 1. The van der Waals surface area contributed by atoms with Crippen molar-refractivity contribution in [2.24, 2.45) is 11.8 Å². The highest BCUT2D eigenvalue weighted by atomic mass is 32.2. The minimum absolute atomic E-state index is 0.239. The predicted octanol–water partition coefficient (Wildman–Crippen LogP) is 1.77. The average Bonchev–Trinajstić information content (AvgIpc) is 2.26. The smallest absolute Gasteiger partial charge is 0.308 e. The summed E-state index contributed by atoms with van der Waals surface area (Å²) < 4.78 is 40.0. The molecule has 5 nitrogen and oxygen atoms in total. The van der Waals surface area contributed by atoms with Crippen molar-refractivity contribution in [1.29, 1.82) is 0 Å². The van der Waals surface area contributed by atoms with Gasteiger partial charge in [0.1, 0.15) is 10.7 Å². The lowest BCUT2D eigenvalue weighted by atomic mass is 9.97. The van der Waals surface area contributed by atoms with Crippen LogP contribution in [0.15, 0.2) is 23.1 Å². The summed E-state index contributed by atoms with van der Waals surface area (Å²) in [7, 11) is -4.07. The molecule has 2 N–H and O–H groups in total. The van der Waals surface area contributed by atoms with Crippen molar-refractivity contribution in [3.05, 3.63) is 29.6 Å². The van der Waals surface area contributed by atoms with Crippen LogP contribution in [0, 0.1) is 24.6 Å². The monoisotopic (exact) mass is 303 g/mol. The SMILES string of the molecule is Cc1cccc(F)c1S(=O)(=O)NCC(C(=O)O)C(C)C. The van der Waals surface area contributed by atoms with E-state index in [9.17, 15) is 17.6 Å². The number of nitrogens with one attached hydrogen (secondary N) is 1. The topological polar surface area (TPSA) is 83.5 Å². The Morgan fingerprint density at radius 1 is 1.40 bits per heavy atom. The number of benzene rings is 1. The Bertz CT molecular complexity index is 578. The van der Waals surface area contributed by atoms with Crippen LogP contribution in [-0.2, 0) is 14.8 Å². The third-order valence-electron chi connectivity index (χ3n) is 3.05. The second-order valence-electron chi connectivity index (χ2n) is 4.93. The highest BCUT2D eigenvalue weighted by molar-refractivity contribution is 7.89. The lowest BCUT2D eigenvalue weighted by molar-refractivity contribution is -0.142. The number of sulfonamides is 1. The van der Waals surface area contributed by atoms with Gasteiger partial charge in [0.2, 0.25) is 10.0 Å². The fraction of sp³-hybridized carbons (Fsp3) is 0.462. The third-order valence-corrected chi connectivity index (χ3v) is 4.65. The Hall–Kier alpha value is -1.47. The van der Waals surface area contributed by atoms with Gasteiger partial charge in [-0.1, -0.05) is 26.0 Å². The van der Waals surface area contributed by atoms with Crippen molar-refractivity contribution in [1.82, 2.24) is 4.72 Å². The number of rotatable bonds is 6. The molecule has 20 heavy (non-hydrogen) atoms. The number of hydrogen-bond donors (Lipinski definition) is 2. The zero-order valence-electron chi connectivity index (χ0n) is 11.6. The Morgan fingerprint density at radius 2 is 2.00 bits per heavy atom. The van der Waals surface area contributed by atoms with Gasteiger partial charge < -0.3 is 5.11 Å². The van der Waals surface area contributed by atoms with E-state index in [1.54, 1.807) is 13.8 Å². The zero-order valence-corrected chi connectivity index (χ0v) is 12.4. The largest absolute Gasteiger partial charge is 0.481 e. The molecule has 0 amide bonds. The fourth-order valence-electron chi connectivity index (χ4n) is 1.84. The van der Waals surface area contributed by atoms with Crippen LogP contribution in [-0.4, -0.2) is 26.0 Å². The number of aliphatic carboxylic acids is 1. The molecule has 7 heteroatoms. The van der Waals surface area contributed by atoms with Crippen molar-refractivity contribution in [2.75, 3.05) is 6.54 Å². The van der Waals surface area contributed by atoms with Crippen LogP contribution in [0.3, 0.4) is 0 Å². The molecule has 1 aromatic carbocycles. The molecule has 0 heterocycles. The van der Waals surface area contributed by atoms with Gasteiger partial charge in [0.25, 0.3) is 0 Å². The zero-order chi connectivity index (χ0) is 15.5. The van der Waals surface area contributed by atoms with E-state index in [1.807, 2.05) is 0 Å². The molecule has 1 unspecified atom stereocenters. The van der Waals surface area contributed by atoms with Gasteiger partial charge in [-0.2, -0.15) is 0 Å². The van der Waals surface area contributed by atoms with E-state index in [0.717, 1.165) is 6.07 Å². The maximum Gasteiger partial charge on any atom is 0.308 e. The molecule has 0 saturated heterocycles. The van der Waals surface area contributed by atoms with Crippen LogP contribution in [0.25, 0.3) is 0 Å². The van der Waals surface area contributed by atoms with E-state index in [0.29, 0.717) is 0 Å². The molecule has 1 aromatic rings. The minimum atomic E-state index is -4.07. The van der Waals surface area contributed by atoms with E-state index < -0.39 is 32.6 Å². The van der Waals surface area contributed by atoms with Crippen LogP contribution in [0.5, 0.6) is 0 Å². The van der Waals surface area contributed by atoms with Crippen molar-refractivity contribution in [3.63, 3.8) is 0 Å². The standard InChI is InChI=1S/C13H18FNO4S/c1-8(2)10(13(16)17)7-15-20(18,19)12-9(3)5-4-6-11(12)14/h4-6,8,10,15H,7H2,1-3H3,(H,16,17). The predicted molar refractivity (Wildman–Crippen MR) is 72.3 cm³/mol. The highest BCUT2D eigenvalue weighted by Crippen LogP contribution is 2.19. The Morgan fingerprint density at radius 3 is 2.45 bits per heavy atom. The molecule has 0 radical (unpaired) electrons. The Balaban J connectivity index is 2.99. The lowest BCUT2D eigenvalue weighted by Gasteiger charge is -2.17. The van der Waals surface area contributed by atoms with Crippen LogP contribution in [0.2, 0.25) is 0 Å². The van der Waals surface area contributed by atoms with Gasteiger partial charge in [0, 0.05) is 6.54 Å². The molecular weight excluding hydrogens is 285 g/mol. The first-order chi connectivity index (χ1) is 9.16. The molecule has 0 aliphatic rings. The highest BCUT2D eigenvalue weighted by Gasteiger charge is 2.26. The van der Waals surface area contributed by atoms with Crippen LogP contribution in [0.1, 0.15) is 19.4 Å². The Labute approximate surface area is 117 Å². The van der Waals surface area contributed by atoms with Crippen LogP contribution in [0.4, 0.5) is 4.39 Å². The van der Waals surface area contributed by atoms with E-state index >= 15 is 0 Å². The van der Waals surface area contributed by atoms with Gasteiger partial charge in [-0.15, -0.1) is 0 Å². The van der Waals surface area contributed by atoms with Crippen molar-refractivity contribution >= 4 is 16.0 Å². The molecule has 0 spiro atoms. The van der Waals surface area contributed by atoms with E-state index in [2.05, 4.69) is 4.72 Å². The van der Waals surface area contributed by atoms with Crippen molar-refractivity contribution in [2.45, 2.75) is 25.7 Å². The average molecular weight is 303 g/mol. The minimum Gasteiger partial charge on any atom is -0.481 e. The molecule has 0 fully saturated rings. The maximum absolute atomic E-state index is 13.7. The number of carboxylic acid groups (broad SMARTS) is 1. The van der Waals surface area contributed by atoms with Gasteiger partial charge in [0.05, 0.1) is 5.92 Å². The summed E-state index contributed by atoms with van der Waals surface area (Å²) in [5.74, 6) is -3.05. The van der Waals surface area contributed by atoms with Gasteiger partial charge >= 0.3 is 5.97 Å². The molecular formula is C13H18FNO4S. The molecule has 112 valence electrons. The first-order valence-electron chi connectivity index (χ1n) is 6.14. The summed E-state index contributed by atoms with van der Waals surface area (Å²) in [6.07, 6.45) is 0. The van der Waals surface area contributed by atoms with Crippen LogP contribution >= 0.6 is 0 Å². The lowest BCUT2D eigenvalue weighted by Crippen LogP contribution is -2.36.